The number of nitro benzene ring substituents is 1. The second kappa shape index (κ2) is 6.95. The number of hydrogen-bond acceptors (Lipinski definition) is 3. The highest BCUT2D eigenvalue weighted by molar-refractivity contribution is 5.95. The lowest BCUT2D eigenvalue weighted by Gasteiger charge is -2.21. The van der Waals surface area contributed by atoms with Gasteiger partial charge in [-0.1, -0.05) is 18.2 Å². The minimum atomic E-state index is -1.06. The number of likely N-dealkylation sites (N-methyl/N-ethyl adjacent to an activating group) is 1. The van der Waals surface area contributed by atoms with Crippen LogP contribution in [0.4, 0.5) is 20.2 Å². The van der Waals surface area contributed by atoms with E-state index in [9.17, 15) is 23.7 Å². The van der Waals surface area contributed by atoms with Crippen LogP contribution in [-0.2, 0) is 11.2 Å². The summed E-state index contributed by atoms with van der Waals surface area (Å²) in [4.78, 5) is 24.1. The Kier molecular flexibility index (Phi) is 5.00. The fraction of sp³-hybridized carbons (Fsp3) is 0.188. The molecule has 0 bridgehead atoms. The van der Waals surface area contributed by atoms with Gasteiger partial charge in [-0.3, -0.25) is 14.9 Å². The molecule has 0 N–H and O–H groups in total. The van der Waals surface area contributed by atoms with Gasteiger partial charge in [0.1, 0.15) is 0 Å². The van der Waals surface area contributed by atoms with Crippen molar-refractivity contribution in [3.05, 3.63) is 69.8 Å². The van der Waals surface area contributed by atoms with Crippen molar-refractivity contribution in [2.24, 2.45) is 0 Å². The quantitative estimate of drug-likeness (QED) is 0.626. The summed E-state index contributed by atoms with van der Waals surface area (Å²) in [6, 6.07) is 9.08. The number of nitro groups is 1. The molecule has 0 fully saturated rings. The Morgan fingerprint density at radius 3 is 2.48 bits per heavy atom. The molecule has 1 amide bonds. The lowest BCUT2D eigenvalue weighted by molar-refractivity contribution is -0.385. The molecule has 0 unspecified atom stereocenters. The Bertz CT molecular complexity index is 750. The fourth-order valence-corrected chi connectivity index (χ4v) is 2.25. The van der Waals surface area contributed by atoms with E-state index < -0.39 is 22.5 Å². The highest BCUT2D eigenvalue weighted by atomic mass is 19.2. The normalized spacial score (nSPS) is 10.4. The molecule has 0 aromatic heterocycles. The van der Waals surface area contributed by atoms with Crippen LogP contribution in [0.25, 0.3) is 0 Å². The van der Waals surface area contributed by atoms with Crippen molar-refractivity contribution in [2.45, 2.75) is 13.3 Å². The summed E-state index contributed by atoms with van der Waals surface area (Å²) in [5, 5.41) is 11.0. The van der Waals surface area contributed by atoms with Gasteiger partial charge in [-0.25, -0.2) is 8.78 Å². The number of carbonyl (C=O) groups excluding carboxylic acids is 1. The van der Waals surface area contributed by atoms with Crippen LogP contribution in [0.3, 0.4) is 0 Å². The molecule has 120 valence electrons. The predicted molar refractivity (Wildman–Crippen MR) is 81.2 cm³/mol. The molecule has 7 heteroatoms. The van der Waals surface area contributed by atoms with Crippen molar-refractivity contribution >= 4 is 17.3 Å². The van der Waals surface area contributed by atoms with Gasteiger partial charge in [0.05, 0.1) is 11.3 Å². The van der Waals surface area contributed by atoms with Crippen molar-refractivity contribution in [1.29, 1.82) is 0 Å². The molecule has 5 nitrogen and oxygen atoms in total. The average Bonchev–Trinajstić information content (AvgIpc) is 2.52. The zero-order chi connectivity index (χ0) is 17.0. The first-order chi connectivity index (χ1) is 10.9. The molecule has 0 saturated heterocycles. The van der Waals surface area contributed by atoms with Gasteiger partial charge in [0, 0.05) is 29.9 Å². The van der Waals surface area contributed by atoms with E-state index in [1.807, 2.05) is 0 Å². The Hall–Kier alpha value is -2.83. The highest BCUT2D eigenvalue weighted by Gasteiger charge is 2.20. The largest absolute Gasteiger partial charge is 0.312 e. The second-order valence-corrected chi connectivity index (χ2v) is 4.80. The van der Waals surface area contributed by atoms with Gasteiger partial charge in [0.25, 0.3) is 5.69 Å². The van der Waals surface area contributed by atoms with Crippen molar-refractivity contribution in [3.8, 4) is 0 Å². The van der Waals surface area contributed by atoms with Crippen molar-refractivity contribution in [2.75, 3.05) is 11.4 Å². The van der Waals surface area contributed by atoms with E-state index in [-0.39, 0.29) is 29.9 Å². The third kappa shape index (κ3) is 3.68. The van der Waals surface area contributed by atoms with Gasteiger partial charge in [-0.05, 0) is 19.1 Å². The fourth-order valence-electron chi connectivity index (χ4n) is 2.25. The number of anilines is 1. The zero-order valence-electron chi connectivity index (χ0n) is 12.3. The summed E-state index contributed by atoms with van der Waals surface area (Å²) in [6.45, 7) is 1.91. The average molecular weight is 320 g/mol. The van der Waals surface area contributed by atoms with Crippen LogP contribution in [0, 0.1) is 21.7 Å². The topological polar surface area (TPSA) is 63.5 Å². The SMILES string of the molecule is CCN(C(=O)Cc1ccccc1[N+](=O)[O-])c1ccc(F)c(F)c1. The molecular weight excluding hydrogens is 306 g/mol. The van der Waals surface area contributed by atoms with Crippen LogP contribution < -0.4 is 4.90 Å². The van der Waals surface area contributed by atoms with Crippen LogP contribution in [-0.4, -0.2) is 17.4 Å². The molecule has 0 aliphatic carbocycles. The molecule has 23 heavy (non-hydrogen) atoms. The Morgan fingerprint density at radius 1 is 1.17 bits per heavy atom. The number of nitrogens with zero attached hydrogens (tertiary/aromatic N) is 2. The Labute approximate surface area is 131 Å². The van der Waals surface area contributed by atoms with Crippen LogP contribution >= 0.6 is 0 Å². The van der Waals surface area contributed by atoms with Crippen molar-refractivity contribution in [3.63, 3.8) is 0 Å². The minimum absolute atomic E-state index is 0.151. The van der Waals surface area contributed by atoms with Gasteiger partial charge < -0.3 is 4.90 Å². The van der Waals surface area contributed by atoms with E-state index in [0.29, 0.717) is 0 Å². The van der Waals surface area contributed by atoms with Crippen LogP contribution in [0.15, 0.2) is 42.5 Å². The van der Waals surface area contributed by atoms with Crippen LogP contribution in [0.5, 0.6) is 0 Å². The van der Waals surface area contributed by atoms with Gasteiger partial charge in [0.15, 0.2) is 11.6 Å². The summed E-state index contributed by atoms with van der Waals surface area (Å²) in [5.74, 6) is -2.50. The summed E-state index contributed by atoms with van der Waals surface area (Å²) in [5.41, 5.74) is 0.320. The third-order valence-electron chi connectivity index (χ3n) is 3.36. The first-order valence-corrected chi connectivity index (χ1v) is 6.91. The lowest BCUT2D eigenvalue weighted by atomic mass is 10.1. The van der Waals surface area contributed by atoms with Gasteiger partial charge in [-0.15, -0.1) is 0 Å². The van der Waals surface area contributed by atoms with E-state index in [4.69, 9.17) is 0 Å². The van der Waals surface area contributed by atoms with Crippen LogP contribution in [0.1, 0.15) is 12.5 Å². The molecule has 0 aliphatic rings. The number of benzene rings is 2. The van der Waals surface area contributed by atoms with E-state index >= 15 is 0 Å². The number of carbonyl (C=O) groups is 1. The van der Waals surface area contributed by atoms with Crippen molar-refractivity contribution < 1.29 is 18.5 Å². The smallest absolute Gasteiger partial charge is 0.273 e. The number of halogens is 2. The molecule has 0 atom stereocenters. The number of para-hydroxylation sites is 1. The number of rotatable bonds is 5. The van der Waals surface area contributed by atoms with Crippen LogP contribution in [0.2, 0.25) is 0 Å². The molecule has 0 spiro atoms. The molecule has 0 radical (unpaired) electrons. The summed E-state index contributed by atoms with van der Waals surface area (Å²) in [7, 11) is 0. The predicted octanol–water partition coefficient (Wildman–Crippen LogP) is 3.47. The maximum absolute atomic E-state index is 13.3. The highest BCUT2D eigenvalue weighted by Crippen LogP contribution is 2.22. The van der Waals surface area contributed by atoms with Gasteiger partial charge in [-0.2, -0.15) is 0 Å². The summed E-state index contributed by atoms with van der Waals surface area (Å²) in [6.07, 6.45) is -0.204. The van der Waals surface area contributed by atoms with E-state index in [2.05, 4.69) is 0 Å². The lowest BCUT2D eigenvalue weighted by Crippen LogP contribution is -2.32. The Morgan fingerprint density at radius 2 is 1.87 bits per heavy atom. The summed E-state index contributed by atoms with van der Waals surface area (Å²) < 4.78 is 26.3. The molecule has 2 aromatic rings. The van der Waals surface area contributed by atoms with Gasteiger partial charge in [0.2, 0.25) is 5.91 Å². The Balaban J connectivity index is 2.27. The molecule has 2 rings (SSSR count). The molecule has 2 aromatic carbocycles. The van der Waals surface area contributed by atoms with Crippen molar-refractivity contribution in [1.82, 2.24) is 0 Å². The van der Waals surface area contributed by atoms with E-state index in [1.54, 1.807) is 13.0 Å². The van der Waals surface area contributed by atoms with Gasteiger partial charge >= 0.3 is 0 Å². The molecule has 0 heterocycles. The first-order valence-electron chi connectivity index (χ1n) is 6.91. The zero-order valence-corrected chi connectivity index (χ0v) is 12.3. The number of hydrogen-bond donors (Lipinski definition) is 0. The first kappa shape index (κ1) is 16.5. The molecule has 0 aliphatic heterocycles. The second-order valence-electron chi connectivity index (χ2n) is 4.80. The third-order valence-corrected chi connectivity index (χ3v) is 3.36. The maximum atomic E-state index is 13.3. The standard InChI is InChI=1S/C16H14F2N2O3/c1-2-19(12-7-8-13(17)14(18)10-12)16(21)9-11-5-3-4-6-15(11)20(22)23/h3-8,10H,2,9H2,1H3. The van der Waals surface area contributed by atoms with E-state index in [1.165, 1.54) is 29.2 Å². The molecular formula is C16H14F2N2O3. The number of amides is 1. The maximum Gasteiger partial charge on any atom is 0.273 e. The summed E-state index contributed by atoms with van der Waals surface area (Å²) >= 11 is 0. The minimum Gasteiger partial charge on any atom is -0.312 e. The molecule has 0 saturated carbocycles. The monoisotopic (exact) mass is 320 g/mol. The van der Waals surface area contributed by atoms with E-state index in [0.717, 1.165) is 12.1 Å².